The number of aromatic amines is 1. The largest absolute Gasteiger partial charge is 0.378 e. The molecule has 1 aromatic carbocycles. The predicted molar refractivity (Wildman–Crippen MR) is 75.8 cm³/mol. The molecule has 0 radical (unpaired) electrons. The van der Waals surface area contributed by atoms with Crippen molar-refractivity contribution in [3.63, 3.8) is 0 Å². The molecule has 1 fully saturated rings. The first-order valence-electron chi connectivity index (χ1n) is 6.71. The summed E-state index contributed by atoms with van der Waals surface area (Å²) in [5.74, 6) is -0.0919. The third kappa shape index (κ3) is 2.30. The fourth-order valence-electron chi connectivity index (χ4n) is 2.56. The topological polar surface area (TPSA) is 63.3 Å². The summed E-state index contributed by atoms with van der Waals surface area (Å²) in [5.41, 5.74) is 1.23. The summed E-state index contributed by atoms with van der Waals surface area (Å²) in [6.45, 7) is 1.66. The van der Waals surface area contributed by atoms with Crippen molar-refractivity contribution in [2.24, 2.45) is 0 Å². The number of benzene rings is 1. The minimum atomic E-state index is -0.387. The van der Waals surface area contributed by atoms with Crippen molar-refractivity contribution in [1.29, 1.82) is 0 Å². The fraction of sp³-hybridized carbons (Fsp3) is 0.400. The summed E-state index contributed by atoms with van der Waals surface area (Å²) in [5, 5.41) is 3.88. The fourth-order valence-corrected chi connectivity index (χ4v) is 2.56. The number of hydrogen-bond acceptors (Lipinski definition) is 3. The Morgan fingerprint density at radius 3 is 3.10 bits per heavy atom. The van der Waals surface area contributed by atoms with E-state index in [1.165, 1.54) is 0 Å². The van der Waals surface area contributed by atoms with E-state index in [2.05, 4.69) is 10.3 Å². The Balaban J connectivity index is 1.73. The lowest BCUT2D eigenvalue weighted by atomic mass is 10.0. The van der Waals surface area contributed by atoms with Crippen molar-refractivity contribution in [3.05, 3.63) is 36.0 Å². The van der Waals surface area contributed by atoms with Crippen LogP contribution in [0.1, 0.15) is 16.8 Å². The molecule has 3 rings (SSSR count). The third-order valence-electron chi connectivity index (χ3n) is 3.91. The smallest absolute Gasteiger partial charge is 0.253 e. The summed E-state index contributed by atoms with van der Waals surface area (Å²) < 4.78 is 10.9. The van der Waals surface area contributed by atoms with Crippen LogP contribution in [0.2, 0.25) is 0 Å². The monoisotopic (exact) mass is 274 g/mol. The molecule has 1 aliphatic heterocycles. The van der Waals surface area contributed by atoms with Gasteiger partial charge in [-0.1, -0.05) is 18.2 Å². The van der Waals surface area contributed by atoms with Crippen molar-refractivity contribution in [1.82, 2.24) is 10.3 Å². The van der Waals surface area contributed by atoms with Crippen molar-refractivity contribution < 1.29 is 14.3 Å². The average Bonchev–Trinajstić information content (AvgIpc) is 3.12. The highest BCUT2D eigenvalue weighted by Crippen LogP contribution is 2.22. The van der Waals surface area contributed by atoms with E-state index in [1.807, 2.05) is 24.3 Å². The van der Waals surface area contributed by atoms with Gasteiger partial charge < -0.3 is 19.8 Å². The highest BCUT2D eigenvalue weighted by Gasteiger charge is 2.35. The molecule has 1 atom stereocenters. The van der Waals surface area contributed by atoms with E-state index in [4.69, 9.17) is 9.47 Å². The molecule has 1 saturated heterocycles. The van der Waals surface area contributed by atoms with Crippen LogP contribution >= 0.6 is 0 Å². The van der Waals surface area contributed by atoms with Crippen molar-refractivity contribution in [3.8, 4) is 0 Å². The minimum absolute atomic E-state index is 0.0919. The number of nitrogens with one attached hydrogen (secondary N) is 2. The van der Waals surface area contributed by atoms with Gasteiger partial charge in [0.2, 0.25) is 0 Å². The summed E-state index contributed by atoms with van der Waals surface area (Å²) in [6.07, 6.45) is 2.54. The lowest BCUT2D eigenvalue weighted by Gasteiger charge is -2.25. The zero-order valence-electron chi connectivity index (χ0n) is 11.4. The van der Waals surface area contributed by atoms with Gasteiger partial charge in [-0.3, -0.25) is 4.79 Å². The molecular weight excluding hydrogens is 256 g/mol. The quantitative estimate of drug-likeness (QED) is 0.892. The predicted octanol–water partition coefficient (Wildman–Crippen LogP) is 1.70. The molecule has 106 valence electrons. The normalized spacial score (nSPS) is 22.2. The van der Waals surface area contributed by atoms with Crippen LogP contribution in [-0.2, 0) is 9.47 Å². The van der Waals surface area contributed by atoms with E-state index in [0.717, 1.165) is 17.3 Å². The number of fused-ring (bicyclic) bond motifs is 1. The Morgan fingerprint density at radius 1 is 1.50 bits per heavy atom. The summed E-state index contributed by atoms with van der Waals surface area (Å²) in [6, 6.07) is 7.75. The van der Waals surface area contributed by atoms with E-state index < -0.39 is 0 Å². The Kier molecular flexibility index (Phi) is 3.46. The second-order valence-electron chi connectivity index (χ2n) is 5.12. The maximum atomic E-state index is 12.3. The molecule has 0 aliphatic carbocycles. The van der Waals surface area contributed by atoms with Gasteiger partial charge in [0, 0.05) is 43.8 Å². The molecule has 2 heterocycles. The molecule has 1 amide bonds. The first kappa shape index (κ1) is 13.1. The molecule has 2 aromatic rings. The van der Waals surface area contributed by atoms with Gasteiger partial charge in [0.15, 0.2) is 0 Å². The maximum absolute atomic E-state index is 12.3. The van der Waals surface area contributed by atoms with E-state index in [1.54, 1.807) is 13.3 Å². The Hall–Kier alpha value is -1.85. The molecule has 2 N–H and O–H groups in total. The summed E-state index contributed by atoms with van der Waals surface area (Å²) in [4.78, 5) is 15.4. The zero-order valence-corrected chi connectivity index (χ0v) is 11.4. The number of H-pyrrole nitrogens is 1. The molecule has 0 saturated carbocycles. The van der Waals surface area contributed by atoms with Gasteiger partial charge in [-0.2, -0.15) is 0 Å². The molecule has 0 spiro atoms. The average molecular weight is 274 g/mol. The van der Waals surface area contributed by atoms with Gasteiger partial charge in [-0.15, -0.1) is 0 Å². The van der Waals surface area contributed by atoms with Crippen LogP contribution < -0.4 is 5.32 Å². The number of para-hydroxylation sites is 1. The van der Waals surface area contributed by atoms with E-state index in [9.17, 15) is 4.79 Å². The third-order valence-corrected chi connectivity index (χ3v) is 3.91. The number of carbonyl (C=O) groups excluding carboxylic acids is 1. The first-order chi connectivity index (χ1) is 9.74. The van der Waals surface area contributed by atoms with Crippen molar-refractivity contribution in [2.45, 2.75) is 12.0 Å². The van der Waals surface area contributed by atoms with Gasteiger partial charge >= 0.3 is 0 Å². The molecule has 1 aliphatic rings. The van der Waals surface area contributed by atoms with Gasteiger partial charge in [0.25, 0.3) is 5.91 Å². The number of amides is 1. The summed E-state index contributed by atoms with van der Waals surface area (Å²) in [7, 11) is 1.66. The Bertz CT molecular complexity index is 614. The highest BCUT2D eigenvalue weighted by molar-refractivity contribution is 6.06. The molecule has 5 heteroatoms. The molecule has 1 aromatic heterocycles. The second-order valence-corrected chi connectivity index (χ2v) is 5.12. The number of carbonyl (C=O) groups is 1. The van der Waals surface area contributed by atoms with Crippen LogP contribution in [0.15, 0.2) is 30.5 Å². The molecular formula is C15H18N2O3. The molecule has 5 nitrogen and oxygen atoms in total. The van der Waals surface area contributed by atoms with Crippen LogP contribution in [0.25, 0.3) is 10.9 Å². The first-order valence-corrected chi connectivity index (χ1v) is 6.71. The standard InChI is InChI=1S/C15H18N2O3/c1-19-15(6-7-20-10-15)9-17-14(18)12-8-16-13-5-3-2-4-11(12)13/h2-5,8,16H,6-7,9-10H2,1H3,(H,17,18). The van der Waals surface area contributed by atoms with Crippen LogP contribution in [0.5, 0.6) is 0 Å². The van der Waals surface area contributed by atoms with Gasteiger partial charge in [0.1, 0.15) is 5.60 Å². The number of methoxy groups -OCH3 is 1. The van der Waals surface area contributed by atoms with Gasteiger partial charge in [0.05, 0.1) is 12.2 Å². The van der Waals surface area contributed by atoms with Crippen molar-refractivity contribution >= 4 is 16.8 Å². The summed E-state index contributed by atoms with van der Waals surface area (Å²) >= 11 is 0. The number of ether oxygens (including phenoxy) is 2. The number of aromatic nitrogens is 1. The van der Waals surface area contributed by atoms with Gasteiger partial charge in [-0.25, -0.2) is 0 Å². The lowest BCUT2D eigenvalue weighted by Crippen LogP contribution is -2.44. The molecule has 20 heavy (non-hydrogen) atoms. The van der Waals surface area contributed by atoms with Crippen LogP contribution in [0.3, 0.4) is 0 Å². The number of rotatable bonds is 4. The maximum Gasteiger partial charge on any atom is 0.253 e. The van der Waals surface area contributed by atoms with E-state index >= 15 is 0 Å². The van der Waals surface area contributed by atoms with Crippen LogP contribution in [0, 0.1) is 0 Å². The van der Waals surface area contributed by atoms with E-state index in [-0.39, 0.29) is 11.5 Å². The SMILES string of the molecule is COC1(CNC(=O)c2c[nH]c3ccccc23)CCOC1. The van der Waals surface area contributed by atoms with Gasteiger partial charge in [-0.05, 0) is 6.07 Å². The Labute approximate surface area is 117 Å². The Morgan fingerprint density at radius 2 is 2.35 bits per heavy atom. The zero-order chi connectivity index (χ0) is 14.0. The van der Waals surface area contributed by atoms with Crippen LogP contribution in [0.4, 0.5) is 0 Å². The van der Waals surface area contributed by atoms with E-state index in [0.29, 0.717) is 25.3 Å². The lowest BCUT2D eigenvalue weighted by molar-refractivity contribution is -0.0148. The molecule has 0 bridgehead atoms. The molecule has 1 unspecified atom stereocenters. The minimum Gasteiger partial charge on any atom is -0.378 e. The highest BCUT2D eigenvalue weighted by atomic mass is 16.5. The second kappa shape index (κ2) is 5.26. The van der Waals surface area contributed by atoms with Crippen LogP contribution in [-0.4, -0.2) is 43.4 Å². The van der Waals surface area contributed by atoms with Crippen molar-refractivity contribution in [2.75, 3.05) is 26.9 Å². The number of hydrogen-bond donors (Lipinski definition) is 2.